The van der Waals surface area contributed by atoms with Crippen molar-refractivity contribution in [2.24, 2.45) is 5.92 Å². The molecule has 2 nitrogen and oxygen atoms in total. The van der Waals surface area contributed by atoms with Gasteiger partial charge in [-0.05, 0) is 37.3 Å². The minimum atomic E-state index is 0.798. The van der Waals surface area contributed by atoms with E-state index in [0.29, 0.717) is 0 Å². The summed E-state index contributed by atoms with van der Waals surface area (Å²) in [6, 6.07) is 8.23. The van der Waals surface area contributed by atoms with E-state index < -0.39 is 0 Å². The molecule has 15 heavy (non-hydrogen) atoms. The molecule has 1 aromatic rings. The second-order valence-electron chi connectivity index (χ2n) is 4.20. The molecule has 0 aliphatic heterocycles. The highest BCUT2D eigenvalue weighted by atomic mass is 16.5. The smallest absolute Gasteiger partial charge is 0.121 e. The van der Waals surface area contributed by atoms with Crippen LogP contribution in [0.4, 0.5) is 5.69 Å². The summed E-state index contributed by atoms with van der Waals surface area (Å²) in [6.45, 7) is 4.03. The fourth-order valence-corrected chi connectivity index (χ4v) is 1.50. The summed E-state index contributed by atoms with van der Waals surface area (Å²) in [7, 11) is 0. The normalized spacial score (nSPS) is 15.0. The number of nitrogens with one attached hydrogen (secondary N) is 1. The Bertz CT molecular complexity index is 307. The molecule has 82 valence electrons. The van der Waals surface area contributed by atoms with Crippen molar-refractivity contribution in [1.29, 1.82) is 0 Å². The van der Waals surface area contributed by atoms with Gasteiger partial charge in [-0.15, -0.1) is 0 Å². The van der Waals surface area contributed by atoms with Gasteiger partial charge in [-0.2, -0.15) is 0 Å². The summed E-state index contributed by atoms with van der Waals surface area (Å²) >= 11 is 0. The molecule has 1 N–H and O–H groups in total. The Morgan fingerprint density at radius 1 is 1.40 bits per heavy atom. The number of benzene rings is 1. The van der Waals surface area contributed by atoms with Crippen molar-refractivity contribution in [3.05, 3.63) is 24.3 Å². The van der Waals surface area contributed by atoms with Crippen LogP contribution >= 0.6 is 0 Å². The van der Waals surface area contributed by atoms with E-state index in [0.717, 1.165) is 31.2 Å². The van der Waals surface area contributed by atoms with Crippen molar-refractivity contribution in [3.8, 4) is 5.75 Å². The minimum absolute atomic E-state index is 0.798. The van der Waals surface area contributed by atoms with Crippen LogP contribution in [0.5, 0.6) is 5.75 Å². The second-order valence-corrected chi connectivity index (χ2v) is 4.20. The number of hydrogen-bond acceptors (Lipinski definition) is 2. The molecule has 0 aromatic heterocycles. The largest absolute Gasteiger partial charge is 0.494 e. The lowest BCUT2D eigenvalue weighted by atomic mass is 10.3. The molecule has 1 saturated carbocycles. The number of anilines is 1. The van der Waals surface area contributed by atoms with Gasteiger partial charge in [-0.1, -0.05) is 13.0 Å². The Kier molecular flexibility index (Phi) is 3.49. The van der Waals surface area contributed by atoms with Crippen LogP contribution < -0.4 is 10.1 Å². The third kappa shape index (κ3) is 3.46. The van der Waals surface area contributed by atoms with Gasteiger partial charge in [-0.25, -0.2) is 0 Å². The SMILES string of the molecule is CCCOc1cccc(NCC2CC2)c1. The molecule has 0 saturated heterocycles. The molecular weight excluding hydrogens is 186 g/mol. The molecule has 0 heterocycles. The Morgan fingerprint density at radius 2 is 2.27 bits per heavy atom. The monoisotopic (exact) mass is 205 g/mol. The molecule has 2 rings (SSSR count). The van der Waals surface area contributed by atoms with Crippen LogP contribution in [-0.2, 0) is 0 Å². The zero-order valence-electron chi connectivity index (χ0n) is 9.33. The quantitative estimate of drug-likeness (QED) is 0.769. The molecule has 1 aliphatic rings. The molecule has 0 bridgehead atoms. The lowest BCUT2D eigenvalue weighted by Crippen LogP contribution is -2.03. The first-order valence-corrected chi connectivity index (χ1v) is 5.85. The Hall–Kier alpha value is -1.18. The van der Waals surface area contributed by atoms with Gasteiger partial charge >= 0.3 is 0 Å². The summed E-state index contributed by atoms with van der Waals surface area (Å²) in [5.74, 6) is 1.88. The molecule has 0 atom stereocenters. The van der Waals surface area contributed by atoms with Crippen molar-refractivity contribution in [1.82, 2.24) is 0 Å². The van der Waals surface area contributed by atoms with E-state index in [1.54, 1.807) is 0 Å². The van der Waals surface area contributed by atoms with Gasteiger partial charge in [0.05, 0.1) is 6.61 Å². The molecule has 0 unspecified atom stereocenters. The first-order chi connectivity index (χ1) is 7.38. The van der Waals surface area contributed by atoms with Gasteiger partial charge in [-0.3, -0.25) is 0 Å². The number of hydrogen-bond donors (Lipinski definition) is 1. The molecule has 0 amide bonds. The van der Waals surface area contributed by atoms with Crippen molar-refractivity contribution in [2.45, 2.75) is 26.2 Å². The van der Waals surface area contributed by atoms with Gasteiger partial charge in [0.15, 0.2) is 0 Å². The van der Waals surface area contributed by atoms with Crippen LogP contribution in [0, 0.1) is 5.92 Å². The first-order valence-electron chi connectivity index (χ1n) is 5.85. The Labute approximate surface area is 91.6 Å². The van der Waals surface area contributed by atoms with Crippen LogP contribution in [0.3, 0.4) is 0 Å². The van der Waals surface area contributed by atoms with Gasteiger partial charge in [0.1, 0.15) is 5.75 Å². The van der Waals surface area contributed by atoms with Crippen LogP contribution in [-0.4, -0.2) is 13.2 Å². The fourth-order valence-electron chi connectivity index (χ4n) is 1.50. The highest BCUT2D eigenvalue weighted by Crippen LogP contribution is 2.29. The third-order valence-corrected chi connectivity index (χ3v) is 2.60. The highest BCUT2D eigenvalue weighted by molar-refractivity contribution is 5.48. The highest BCUT2D eigenvalue weighted by Gasteiger charge is 2.20. The first kappa shape index (κ1) is 10.3. The maximum absolute atomic E-state index is 5.58. The van der Waals surface area contributed by atoms with Crippen LogP contribution in [0.25, 0.3) is 0 Å². The molecule has 1 fully saturated rings. The van der Waals surface area contributed by atoms with Crippen LogP contribution in [0.1, 0.15) is 26.2 Å². The number of ether oxygens (including phenoxy) is 1. The van der Waals surface area contributed by atoms with E-state index in [9.17, 15) is 0 Å². The minimum Gasteiger partial charge on any atom is -0.494 e. The average Bonchev–Trinajstić information content (AvgIpc) is 3.08. The maximum Gasteiger partial charge on any atom is 0.121 e. The van der Waals surface area contributed by atoms with Gasteiger partial charge in [0.25, 0.3) is 0 Å². The van der Waals surface area contributed by atoms with E-state index in [1.807, 2.05) is 12.1 Å². The van der Waals surface area contributed by atoms with Gasteiger partial charge in [0, 0.05) is 18.3 Å². The van der Waals surface area contributed by atoms with Crippen molar-refractivity contribution in [3.63, 3.8) is 0 Å². The molecular formula is C13H19NO. The van der Waals surface area contributed by atoms with E-state index >= 15 is 0 Å². The molecule has 1 aromatic carbocycles. The van der Waals surface area contributed by atoms with E-state index in [2.05, 4.69) is 24.4 Å². The summed E-state index contributed by atoms with van der Waals surface area (Å²) < 4.78 is 5.58. The van der Waals surface area contributed by atoms with Crippen molar-refractivity contribution < 1.29 is 4.74 Å². The molecule has 0 radical (unpaired) electrons. The van der Waals surface area contributed by atoms with Crippen LogP contribution in [0.15, 0.2) is 24.3 Å². The average molecular weight is 205 g/mol. The Morgan fingerprint density at radius 3 is 3.00 bits per heavy atom. The van der Waals surface area contributed by atoms with E-state index in [1.165, 1.54) is 18.5 Å². The summed E-state index contributed by atoms with van der Waals surface area (Å²) in [5.41, 5.74) is 1.18. The summed E-state index contributed by atoms with van der Waals surface area (Å²) in [5, 5.41) is 3.44. The third-order valence-electron chi connectivity index (χ3n) is 2.60. The van der Waals surface area contributed by atoms with E-state index in [4.69, 9.17) is 4.74 Å². The predicted molar refractivity (Wildman–Crippen MR) is 63.4 cm³/mol. The zero-order chi connectivity index (χ0) is 10.5. The lowest BCUT2D eigenvalue weighted by Gasteiger charge is -2.08. The number of rotatable bonds is 6. The second kappa shape index (κ2) is 5.06. The molecule has 1 aliphatic carbocycles. The van der Waals surface area contributed by atoms with Crippen LogP contribution in [0.2, 0.25) is 0 Å². The molecule has 2 heteroatoms. The summed E-state index contributed by atoms with van der Waals surface area (Å²) in [4.78, 5) is 0. The Balaban J connectivity index is 1.85. The topological polar surface area (TPSA) is 21.3 Å². The lowest BCUT2D eigenvalue weighted by molar-refractivity contribution is 0.317. The standard InChI is InChI=1S/C13H19NO/c1-2-8-15-13-5-3-4-12(9-13)14-10-11-6-7-11/h3-5,9,11,14H,2,6-8,10H2,1H3. The van der Waals surface area contributed by atoms with E-state index in [-0.39, 0.29) is 0 Å². The molecule has 0 spiro atoms. The van der Waals surface area contributed by atoms with Gasteiger partial charge in [0.2, 0.25) is 0 Å². The fraction of sp³-hybridized carbons (Fsp3) is 0.538. The maximum atomic E-state index is 5.58. The van der Waals surface area contributed by atoms with Gasteiger partial charge < -0.3 is 10.1 Å². The van der Waals surface area contributed by atoms with Crippen molar-refractivity contribution in [2.75, 3.05) is 18.5 Å². The van der Waals surface area contributed by atoms with Crippen molar-refractivity contribution >= 4 is 5.69 Å². The predicted octanol–water partition coefficient (Wildman–Crippen LogP) is 3.30. The zero-order valence-corrected chi connectivity index (χ0v) is 9.33. The summed E-state index contributed by atoms with van der Waals surface area (Å²) in [6.07, 6.45) is 3.83.